The number of hydrogen-bond acceptors (Lipinski definition) is 1. The van der Waals surface area contributed by atoms with Crippen molar-refractivity contribution < 1.29 is 0 Å². The van der Waals surface area contributed by atoms with Gasteiger partial charge in [0, 0.05) is 13.1 Å². The summed E-state index contributed by atoms with van der Waals surface area (Å²) in [5.74, 6) is 1.07. The van der Waals surface area contributed by atoms with Crippen LogP contribution in [0.5, 0.6) is 0 Å². The lowest BCUT2D eigenvalue weighted by Crippen LogP contribution is -2.19. The summed E-state index contributed by atoms with van der Waals surface area (Å²) in [5, 5.41) is 3.15. The largest absolute Gasteiger partial charge is 0.374 e. The van der Waals surface area contributed by atoms with Crippen molar-refractivity contribution >= 4 is 5.84 Å². The van der Waals surface area contributed by atoms with Crippen molar-refractivity contribution in [3.63, 3.8) is 0 Å². The monoisotopic (exact) mass is 142 g/mol. The Morgan fingerprint density at radius 2 is 2.10 bits per heavy atom. The van der Waals surface area contributed by atoms with Gasteiger partial charge in [0.05, 0.1) is 5.84 Å². The van der Waals surface area contributed by atoms with Gasteiger partial charge in [0.15, 0.2) is 0 Å². The average molecular weight is 142 g/mol. The first-order valence-electron chi connectivity index (χ1n) is 4.06. The van der Waals surface area contributed by atoms with Crippen LogP contribution in [0.3, 0.4) is 0 Å². The Morgan fingerprint density at radius 3 is 2.60 bits per heavy atom. The van der Waals surface area contributed by atoms with Crippen LogP contribution in [0.25, 0.3) is 0 Å². The molecule has 2 nitrogen and oxygen atoms in total. The Balaban J connectivity index is 3.28. The zero-order valence-corrected chi connectivity index (χ0v) is 7.28. The Bertz CT molecular complexity index is 97.4. The molecule has 0 saturated carbocycles. The molecule has 0 aromatic carbocycles. The van der Waals surface area contributed by atoms with E-state index in [1.807, 2.05) is 6.92 Å². The first-order chi connectivity index (χ1) is 4.81. The molecule has 0 unspecified atom stereocenters. The van der Waals surface area contributed by atoms with Gasteiger partial charge >= 0.3 is 0 Å². The number of hydrogen-bond donors (Lipinski definition) is 1. The van der Waals surface area contributed by atoms with Gasteiger partial charge in [0.1, 0.15) is 0 Å². The van der Waals surface area contributed by atoms with Crippen molar-refractivity contribution in [3.8, 4) is 0 Å². The van der Waals surface area contributed by atoms with E-state index >= 15 is 0 Å². The topological polar surface area (TPSA) is 24.4 Å². The van der Waals surface area contributed by atoms with E-state index in [0.29, 0.717) is 0 Å². The van der Waals surface area contributed by atoms with E-state index in [1.165, 1.54) is 12.8 Å². The van der Waals surface area contributed by atoms with E-state index in [4.69, 9.17) is 0 Å². The van der Waals surface area contributed by atoms with Crippen molar-refractivity contribution in [1.82, 2.24) is 5.32 Å². The Morgan fingerprint density at radius 1 is 1.40 bits per heavy atom. The molecule has 0 atom stereocenters. The quantitative estimate of drug-likeness (QED) is 0.361. The van der Waals surface area contributed by atoms with Gasteiger partial charge in [-0.1, -0.05) is 13.3 Å². The van der Waals surface area contributed by atoms with Gasteiger partial charge in [-0.3, -0.25) is 4.99 Å². The van der Waals surface area contributed by atoms with Crippen LogP contribution in [0.1, 0.15) is 33.6 Å². The van der Waals surface area contributed by atoms with E-state index in [2.05, 4.69) is 24.2 Å². The second kappa shape index (κ2) is 6.59. The first kappa shape index (κ1) is 9.47. The summed E-state index contributed by atoms with van der Waals surface area (Å²) in [5.41, 5.74) is 0. The predicted molar refractivity (Wildman–Crippen MR) is 46.6 cm³/mol. The second-order valence-corrected chi connectivity index (χ2v) is 2.35. The van der Waals surface area contributed by atoms with Crippen LogP contribution in [0.15, 0.2) is 4.99 Å². The number of aliphatic imine (C=N–C) groups is 1. The molecule has 10 heavy (non-hydrogen) atoms. The third-order valence-corrected chi connectivity index (χ3v) is 1.29. The standard InChI is InChI=1S/C8H18N2/c1-4-6-7-10-8(3)9-5-2/h4-7H2,1-3H3,(H,9,10). The maximum atomic E-state index is 4.31. The third-order valence-electron chi connectivity index (χ3n) is 1.29. The first-order valence-corrected chi connectivity index (χ1v) is 4.06. The van der Waals surface area contributed by atoms with Crippen molar-refractivity contribution in [2.75, 3.05) is 13.1 Å². The maximum Gasteiger partial charge on any atom is 0.0931 e. The second-order valence-electron chi connectivity index (χ2n) is 2.35. The molecule has 0 aromatic heterocycles. The molecule has 0 bridgehead atoms. The summed E-state index contributed by atoms with van der Waals surface area (Å²) in [7, 11) is 0. The zero-order chi connectivity index (χ0) is 7.82. The van der Waals surface area contributed by atoms with Crippen LogP contribution >= 0.6 is 0 Å². The van der Waals surface area contributed by atoms with E-state index in [1.54, 1.807) is 0 Å². The zero-order valence-electron chi connectivity index (χ0n) is 7.28. The van der Waals surface area contributed by atoms with Gasteiger partial charge in [0.25, 0.3) is 0 Å². The van der Waals surface area contributed by atoms with E-state index in [0.717, 1.165) is 18.9 Å². The van der Waals surface area contributed by atoms with Crippen LogP contribution in [0, 0.1) is 0 Å². The van der Waals surface area contributed by atoms with Gasteiger partial charge in [0.2, 0.25) is 0 Å². The molecule has 0 aliphatic heterocycles. The molecule has 0 aliphatic rings. The summed E-state index contributed by atoms with van der Waals surface area (Å²) in [4.78, 5) is 4.31. The van der Waals surface area contributed by atoms with Crippen LogP contribution in [-0.2, 0) is 0 Å². The molecule has 0 saturated heterocycles. The molecule has 0 aliphatic carbocycles. The van der Waals surface area contributed by atoms with Crippen molar-refractivity contribution in [1.29, 1.82) is 0 Å². The van der Waals surface area contributed by atoms with Crippen molar-refractivity contribution in [3.05, 3.63) is 0 Å². The van der Waals surface area contributed by atoms with E-state index in [9.17, 15) is 0 Å². The minimum absolute atomic E-state index is 0.968. The normalized spacial score (nSPS) is 11.7. The highest BCUT2D eigenvalue weighted by molar-refractivity contribution is 5.79. The van der Waals surface area contributed by atoms with E-state index < -0.39 is 0 Å². The lowest BCUT2D eigenvalue weighted by Gasteiger charge is -2.00. The molecule has 0 spiro atoms. The van der Waals surface area contributed by atoms with Crippen LogP contribution in [0.4, 0.5) is 0 Å². The highest BCUT2D eigenvalue weighted by atomic mass is 15.0. The minimum atomic E-state index is 0.968. The Labute approximate surface area is 63.7 Å². The van der Waals surface area contributed by atoms with Crippen molar-refractivity contribution in [2.24, 2.45) is 4.99 Å². The van der Waals surface area contributed by atoms with Gasteiger partial charge in [-0.15, -0.1) is 0 Å². The molecule has 2 heteroatoms. The summed E-state index contributed by atoms with van der Waals surface area (Å²) >= 11 is 0. The summed E-state index contributed by atoms with van der Waals surface area (Å²) < 4.78 is 0. The van der Waals surface area contributed by atoms with Crippen molar-refractivity contribution in [2.45, 2.75) is 33.6 Å². The molecule has 60 valence electrons. The van der Waals surface area contributed by atoms with Gasteiger partial charge in [-0.2, -0.15) is 0 Å². The lowest BCUT2D eigenvalue weighted by atomic mass is 10.3. The molecule has 1 N–H and O–H groups in total. The highest BCUT2D eigenvalue weighted by Crippen LogP contribution is 1.86. The predicted octanol–water partition coefficient (Wildman–Crippen LogP) is 1.81. The average Bonchev–Trinajstić information content (AvgIpc) is 1.89. The summed E-state index contributed by atoms with van der Waals surface area (Å²) in [6, 6.07) is 0. The fourth-order valence-corrected chi connectivity index (χ4v) is 0.717. The smallest absolute Gasteiger partial charge is 0.0931 e. The highest BCUT2D eigenvalue weighted by Gasteiger charge is 1.84. The molecule has 0 radical (unpaired) electrons. The molecular formula is C8H18N2. The number of amidine groups is 1. The number of nitrogens with one attached hydrogen (secondary N) is 1. The fraction of sp³-hybridized carbons (Fsp3) is 0.875. The summed E-state index contributed by atoms with van der Waals surface area (Å²) in [6.07, 6.45) is 2.42. The number of unbranched alkanes of at least 4 members (excludes halogenated alkanes) is 1. The minimum Gasteiger partial charge on any atom is -0.374 e. The van der Waals surface area contributed by atoms with Gasteiger partial charge < -0.3 is 5.32 Å². The van der Waals surface area contributed by atoms with E-state index in [-0.39, 0.29) is 0 Å². The van der Waals surface area contributed by atoms with Crippen LogP contribution < -0.4 is 5.32 Å². The SMILES string of the molecule is CCCCN=C(C)NCC. The molecule has 0 heterocycles. The Kier molecular flexibility index (Phi) is 6.24. The Hall–Kier alpha value is -0.530. The molecule has 0 fully saturated rings. The maximum absolute atomic E-state index is 4.31. The molecule has 0 aromatic rings. The number of rotatable bonds is 4. The van der Waals surface area contributed by atoms with Gasteiger partial charge in [-0.05, 0) is 20.3 Å². The third kappa shape index (κ3) is 5.60. The number of nitrogens with zero attached hydrogens (tertiary/aromatic N) is 1. The molecule has 0 amide bonds. The van der Waals surface area contributed by atoms with Crippen LogP contribution in [-0.4, -0.2) is 18.9 Å². The van der Waals surface area contributed by atoms with Gasteiger partial charge in [-0.25, -0.2) is 0 Å². The molecular weight excluding hydrogens is 124 g/mol. The lowest BCUT2D eigenvalue weighted by molar-refractivity contribution is 0.799. The summed E-state index contributed by atoms with van der Waals surface area (Å²) in [6.45, 7) is 8.22. The molecule has 0 rings (SSSR count). The van der Waals surface area contributed by atoms with Crippen LogP contribution in [0.2, 0.25) is 0 Å². The fourth-order valence-electron chi connectivity index (χ4n) is 0.717.